The van der Waals surface area contributed by atoms with Crippen LogP contribution in [0.15, 0.2) is 24.3 Å². The number of carbonyl (C=O) groups excluding carboxylic acids is 2. The maximum absolute atomic E-state index is 13.0. The summed E-state index contributed by atoms with van der Waals surface area (Å²) in [5.41, 5.74) is 0.588. The van der Waals surface area contributed by atoms with Crippen LogP contribution in [0.5, 0.6) is 5.75 Å². The Bertz CT molecular complexity index is 670. The summed E-state index contributed by atoms with van der Waals surface area (Å²) in [4.78, 5) is 27.8. The molecule has 160 valence electrons. The fourth-order valence-electron chi connectivity index (χ4n) is 4.35. The lowest BCUT2D eigenvalue weighted by molar-refractivity contribution is -0.139. The van der Waals surface area contributed by atoms with Crippen molar-refractivity contribution in [3.05, 3.63) is 29.8 Å². The van der Waals surface area contributed by atoms with Crippen LogP contribution >= 0.6 is 0 Å². The van der Waals surface area contributed by atoms with Gasteiger partial charge in [0, 0.05) is 31.2 Å². The van der Waals surface area contributed by atoms with Crippen LogP contribution in [-0.4, -0.2) is 55.7 Å². The van der Waals surface area contributed by atoms with Crippen molar-refractivity contribution >= 4 is 11.8 Å². The molecular weight excluding hydrogens is 368 g/mol. The molecule has 0 bridgehead atoms. The van der Waals surface area contributed by atoms with E-state index in [1.807, 2.05) is 4.90 Å². The molecule has 0 radical (unpaired) electrons. The Morgan fingerprint density at radius 1 is 1.10 bits per heavy atom. The molecule has 6 nitrogen and oxygen atoms in total. The summed E-state index contributed by atoms with van der Waals surface area (Å²) in [6.45, 7) is 4.49. The highest BCUT2D eigenvalue weighted by Gasteiger charge is 2.37. The Labute approximate surface area is 173 Å². The number of rotatable bonds is 7. The number of nitrogens with zero attached hydrogens (tertiary/aromatic N) is 1. The van der Waals surface area contributed by atoms with Crippen molar-refractivity contribution in [2.45, 2.75) is 64.0 Å². The van der Waals surface area contributed by atoms with Crippen molar-refractivity contribution in [1.82, 2.24) is 10.2 Å². The Hall–Kier alpha value is -2.08. The van der Waals surface area contributed by atoms with Crippen molar-refractivity contribution < 1.29 is 19.1 Å². The lowest BCUT2D eigenvalue weighted by Gasteiger charge is -2.38. The van der Waals surface area contributed by atoms with Crippen LogP contribution in [0.1, 0.15) is 62.2 Å². The van der Waals surface area contributed by atoms with E-state index in [-0.39, 0.29) is 29.9 Å². The van der Waals surface area contributed by atoms with Gasteiger partial charge in [0.15, 0.2) is 0 Å². The van der Waals surface area contributed by atoms with Crippen molar-refractivity contribution in [2.24, 2.45) is 5.92 Å². The van der Waals surface area contributed by atoms with E-state index < -0.39 is 0 Å². The topological polar surface area (TPSA) is 67.9 Å². The highest BCUT2D eigenvalue weighted by molar-refractivity contribution is 5.94. The van der Waals surface area contributed by atoms with E-state index in [0.29, 0.717) is 18.6 Å². The van der Waals surface area contributed by atoms with Gasteiger partial charge in [0.1, 0.15) is 5.75 Å². The molecule has 3 atom stereocenters. The predicted octanol–water partition coefficient (Wildman–Crippen LogP) is 3.40. The van der Waals surface area contributed by atoms with Gasteiger partial charge in [-0.05, 0) is 69.2 Å². The number of likely N-dealkylation sites (tertiary alicyclic amines) is 1. The maximum Gasteiger partial charge on any atom is 0.251 e. The van der Waals surface area contributed by atoms with Gasteiger partial charge in [-0.25, -0.2) is 0 Å². The first-order valence-electron chi connectivity index (χ1n) is 11.0. The largest absolute Gasteiger partial charge is 0.497 e. The summed E-state index contributed by atoms with van der Waals surface area (Å²) >= 11 is 0. The molecule has 1 aliphatic carbocycles. The van der Waals surface area contributed by atoms with Crippen molar-refractivity contribution in [2.75, 3.05) is 26.8 Å². The number of nitrogens with one attached hydrogen (secondary N) is 1. The molecule has 6 heteroatoms. The van der Waals surface area contributed by atoms with Gasteiger partial charge in [0.2, 0.25) is 5.91 Å². The number of methoxy groups -OCH3 is 1. The second kappa shape index (κ2) is 10.6. The average molecular weight is 403 g/mol. The highest BCUT2D eigenvalue weighted by Crippen LogP contribution is 2.29. The fraction of sp³-hybridized carbons (Fsp3) is 0.652. The first kappa shape index (κ1) is 21.6. The third-order valence-electron chi connectivity index (χ3n) is 6.01. The summed E-state index contributed by atoms with van der Waals surface area (Å²) in [5.74, 6) is 0.808. The van der Waals surface area contributed by atoms with E-state index in [0.717, 1.165) is 50.9 Å². The number of carbonyl (C=O) groups is 2. The van der Waals surface area contributed by atoms with E-state index in [4.69, 9.17) is 9.47 Å². The quantitative estimate of drug-likeness (QED) is 0.759. The van der Waals surface area contributed by atoms with E-state index in [2.05, 4.69) is 12.2 Å². The molecule has 1 N–H and O–H groups in total. The van der Waals surface area contributed by atoms with Crippen LogP contribution in [0.25, 0.3) is 0 Å². The molecule has 1 aliphatic heterocycles. The van der Waals surface area contributed by atoms with E-state index in [9.17, 15) is 9.59 Å². The van der Waals surface area contributed by atoms with Crippen molar-refractivity contribution in [1.29, 1.82) is 0 Å². The number of ether oxygens (including phenoxy) is 2. The smallest absolute Gasteiger partial charge is 0.251 e. The molecule has 1 heterocycles. The molecule has 3 rings (SSSR count). The van der Waals surface area contributed by atoms with Gasteiger partial charge in [0.25, 0.3) is 5.91 Å². The molecule has 2 aliphatic rings. The molecule has 0 aromatic heterocycles. The summed E-state index contributed by atoms with van der Waals surface area (Å²) < 4.78 is 11.2. The van der Waals surface area contributed by atoms with Gasteiger partial charge in [-0.3, -0.25) is 9.59 Å². The fourth-order valence-corrected chi connectivity index (χ4v) is 4.35. The second-order valence-electron chi connectivity index (χ2n) is 8.11. The van der Waals surface area contributed by atoms with Gasteiger partial charge in [-0.1, -0.05) is 6.92 Å². The molecule has 0 spiro atoms. The lowest BCUT2D eigenvalue weighted by Crippen LogP contribution is -2.51. The predicted molar refractivity (Wildman–Crippen MR) is 112 cm³/mol. The standard InChI is InChI=1S/C23H34N2O4/c1-3-15-29-21-12-9-18(23(27)25-13-5-4-6-14-25)16-20(21)24-22(26)17-7-10-19(28-2)11-8-17/h7-8,10-11,18,20-21H,3-6,9,12-16H2,1-2H3,(H,24,26)/t18-,20+,21+/m0/s1. The van der Waals surface area contributed by atoms with Crippen molar-refractivity contribution in [3.8, 4) is 5.75 Å². The molecule has 1 saturated carbocycles. The third kappa shape index (κ3) is 5.72. The zero-order valence-electron chi connectivity index (χ0n) is 17.7. The Morgan fingerprint density at radius 3 is 2.48 bits per heavy atom. The molecule has 1 aromatic carbocycles. The molecule has 29 heavy (non-hydrogen) atoms. The number of hydrogen-bond acceptors (Lipinski definition) is 4. The summed E-state index contributed by atoms with van der Waals surface area (Å²) in [7, 11) is 1.60. The molecular formula is C23H34N2O4. The molecule has 2 amide bonds. The second-order valence-corrected chi connectivity index (χ2v) is 8.11. The van der Waals surface area contributed by atoms with Crippen LogP contribution < -0.4 is 10.1 Å². The Morgan fingerprint density at radius 2 is 1.83 bits per heavy atom. The minimum absolute atomic E-state index is 0.0317. The van der Waals surface area contributed by atoms with Gasteiger partial charge in [0.05, 0.1) is 19.3 Å². The van der Waals surface area contributed by atoms with E-state index in [1.165, 1.54) is 6.42 Å². The zero-order chi connectivity index (χ0) is 20.6. The number of amides is 2. The number of piperidine rings is 1. The molecule has 1 aromatic rings. The monoisotopic (exact) mass is 402 g/mol. The van der Waals surface area contributed by atoms with Crippen molar-refractivity contribution in [3.63, 3.8) is 0 Å². The van der Waals surface area contributed by atoms with Gasteiger partial charge in [-0.2, -0.15) is 0 Å². The van der Waals surface area contributed by atoms with E-state index >= 15 is 0 Å². The normalized spacial score (nSPS) is 24.8. The summed E-state index contributed by atoms with van der Waals surface area (Å²) in [6.07, 6.45) is 6.58. The summed E-state index contributed by atoms with van der Waals surface area (Å²) in [6, 6.07) is 6.93. The SMILES string of the molecule is CCCO[C@@H]1CC[C@H](C(=O)N2CCCCC2)C[C@H]1NC(=O)c1ccc(OC)cc1. The molecule has 2 fully saturated rings. The van der Waals surface area contributed by atoms with Gasteiger partial charge >= 0.3 is 0 Å². The van der Waals surface area contributed by atoms with Gasteiger partial charge < -0.3 is 19.7 Å². The number of benzene rings is 1. The van der Waals surface area contributed by atoms with Crippen LogP contribution in [-0.2, 0) is 9.53 Å². The zero-order valence-corrected chi connectivity index (χ0v) is 17.7. The first-order chi connectivity index (χ1) is 14.1. The minimum Gasteiger partial charge on any atom is -0.497 e. The lowest BCUT2D eigenvalue weighted by atomic mass is 9.82. The first-order valence-corrected chi connectivity index (χ1v) is 11.0. The Kier molecular flexibility index (Phi) is 7.92. The maximum atomic E-state index is 13.0. The molecule has 1 saturated heterocycles. The van der Waals surface area contributed by atoms with Crippen LogP contribution in [0, 0.1) is 5.92 Å². The third-order valence-corrected chi connectivity index (χ3v) is 6.01. The average Bonchev–Trinajstić information content (AvgIpc) is 2.78. The highest BCUT2D eigenvalue weighted by atomic mass is 16.5. The van der Waals surface area contributed by atoms with Gasteiger partial charge in [-0.15, -0.1) is 0 Å². The number of hydrogen-bond donors (Lipinski definition) is 1. The Balaban J connectivity index is 1.66. The minimum atomic E-state index is -0.149. The van der Waals surface area contributed by atoms with E-state index in [1.54, 1.807) is 31.4 Å². The molecule has 0 unspecified atom stereocenters. The van der Waals surface area contributed by atoms with Crippen LogP contribution in [0.4, 0.5) is 0 Å². The summed E-state index contributed by atoms with van der Waals surface area (Å²) in [5, 5.41) is 3.14. The van der Waals surface area contributed by atoms with Crippen LogP contribution in [0.3, 0.4) is 0 Å². The van der Waals surface area contributed by atoms with Crippen LogP contribution in [0.2, 0.25) is 0 Å².